The van der Waals surface area contributed by atoms with E-state index in [1.54, 1.807) is 0 Å². The number of nitrogens with one attached hydrogen (secondary N) is 1. The molecule has 0 fully saturated rings. The van der Waals surface area contributed by atoms with Gasteiger partial charge >= 0.3 is 0 Å². The number of carbonyl (C=O) groups excluding carboxylic acids is 1. The number of benzene rings is 1. The van der Waals surface area contributed by atoms with E-state index in [1.165, 1.54) is 24.1 Å². The lowest BCUT2D eigenvalue weighted by atomic mass is 9.95. The first-order valence-corrected chi connectivity index (χ1v) is 9.16. The van der Waals surface area contributed by atoms with Gasteiger partial charge in [-0.1, -0.05) is 24.3 Å². The largest absolute Gasteiger partial charge is 0.350 e. The molecule has 4 rings (SSSR count). The molecule has 0 bridgehead atoms. The lowest BCUT2D eigenvalue weighted by Crippen LogP contribution is -2.28. The lowest BCUT2D eigenvalue weighted by molar-refractivity contribution is 0.0952. The fraction of sp³-hybridized carbons (Fsp3) is 0.286. The maximum Gasteiger partial charge on any atom is 0.251 e. The molecule has 2 aromatic heterocycles. The van der Waals surface area contributed by atoms with Gasteiger partial charge in [0.1, 0.15) is 5.69 Å². The Morgan fingerprint density at radius 2 is 1.85 bits per heavy atom. The summed E-state index contributed by atoms with van der Waals surface area (Å²) in [5.41, 5.74) is 5.23. The van der Waals surface area contributed by atoms with Crippen molar-refractivity contribution in [3.8, 4) is 11.4 Å². The van der Waals surface area contributed by atoms with E-state index in [1.807, 2.05) is 54.7 Å². The highest BCUT2D eigenvalue weighted by molar-refractivity contribution is 5.94. The third-order valence-corrected chi connectivity index (χ3v) is 4.81. The summed E-state index contributed by atoms with van der Waals surface area (Å²) < 4.78 is 2.06. The SMILES string of the molecule is O=C(NCCn1nc(-c2ccccn2)c2c1CCCC2)c1ccccc1. The van der Waals surface area contributed by atoms with E-state index in [0.29, 0.717) is 18.7 Å². The van der Waals surface area contributed by atoms with Crippen LogP contribution in [0.2, 0.25) is 0 Å². The molecule has 0 atom stereocenters. The highest BCUT2D eigenvalue weighted by Crippen LogP contribution is 2.30. The molecule has 0 aliphatic heterocycles. The molecular weight excluding hydrogens is 324 g/mol. The average molecular weight is 346 g/mol. The van der Waals surface area contributed by atoms with E-state index in [4.69, 9.17) is 5.10 Å². The fourth-order valence-electron chi connectivity index (χ4n) is 3.53. The second kappa shape index (κ2) is 7.52. The molecule has 1 aliphatic carbocycles. The van der Waals surface area contributed by atoms with E-state index in [9.17, 15) is 4.79 Å². The van der Waals surface area contributed by atoms with Crippen molar-refractivity contribution < 1.29 is 4.79 Å². The van der Waals surface area contributed by atoms with Crippen LogP contribution in [0.1, 0.15) is 34.5 Å². The molecule has 1 N–H and O–H groups in total. The maximum atomic E-state index is 12.2. The van der Waals surface area contributed by atoms with Crippen molar-refractivity contribution in [2.45, 2.75) is 32.2 Å². The van der Waals surface area contributed by atoms with Gasteiger partial charge in [-0.2, -0.15) is 5.10 Å². The van der Waals surface area contributed by atoms with Gasteiger partial charge in [0.15, 0.2) is 0 Å². The second-order valence-electron chi connectivity index (χ2n) is 6.54. The molecule has 1 amide bonds. The summed E-state index contributed by atoms with van der Waals surface area (Å²) in [6, 6.07) is 15.2. The first kappa shape index (κ1) is 16.5. The zero-order chi connectivity index (χ0) is 17.8. The zero-order valence-electron chi connectivity index (χ0n) is 14.7. The third kappa shape index (κ3) is 3.38. The molecule has 3 aromatic rings. The number of aromatic nitrogens is 3. The van der Waals surface area contributed by atoms with Gasteiger partial charge in [-0.3, -0.25) is 14.5 Å². The molecule has 0 saturated heterocycles. The lowest BCUT2D eigenvalue weighted by Gasteiger charge is -2.14. The van der Waals surface area contributed by atoms with Crippen molar-refractivity contribution in [2.75, 3.05) is 6.54 Å². The molecule has 132 valence electrons. The minimum absolute atomic E-state index is 0.0448. The Balaban J connectivity index is 1.50. The normalized spacial score (nSPS) is 13.2. The number of rotatable bonds is 5. The van der Waals surface area contributed by atoms with Crippen molar-refractivity contribution in [3.63, 3.8) is 0 Å². The van der Waals surface area contributed by atoms with Crippen LogP contribution in [0.4, 0.5) is 0 Å². The van der Waals surface area contributed by atoms with Crippen molar-refractivity contribution >= 4 is 5.91 Å². The van der Waals surface area contributed by atoms with E-state index >= 15 is 0 Å². The first-order chi connectivity index (χ1) is 12.8. The third-order valence-electron chi connectivity index (χ3n) is 4.81. The summed E-state index contributed by atoms with van der Waals surface area (Å²) in [6.07, 6.45) is 6.29. The van der Waals surface area contributed by atoms with Crippen molar-refractivity contribution in [3.05, 3.63) is 71.5 Å². The van der Waals surface area contributed by atoms with Crippen molar-refractivity contribution in [1.29, 1.82) is 0 Å². The van der Waals surface area contributed by atoms with Gasteiger partial charge in [-0.15, -0.1) is 0 Å². The predicted molar refractivity (Wildman–Crippen MR) is 101 cm³/mol. The number of fused-ring (bicyclic) bond motifs is 1. The van der Waals surface area contributed by atoms with Gasteiger partial charge in [-0.25, -0.2) is 0 Å². The Bertz CT molecular complexity index is 887. The Hall–Kier alpha value is -2.95. The first-order valence-electron chi connectivity index (χ1n) is 9.16. The van der Waals surface area contributed by atoms with E-state index in [-0.39, 0.29) is 5.91 Å². The van der Waals surface area contributed by atoms with Crippen LogP contribution in [0.3, 0.4) is 0 Å². The summed E-state index contributed by atoms with van der Waals surface area (Å²) in [5.74, 6) is -0.0448. The number of amides is 1. The standard InChI is InChI=1S/C21H22N4O/c26-21(16-8-2-1-3-9-16)23-14-15-25-19-12-5-4-10-17(19)20(24-25)18-11-6-7-13-22-18/h1-3,6-9,11,13H,4-5,10,12,14-15H2,(H,23,26). The minimum Gasteiger partial charge on any atom is -0.350 e. The second-order valence-corrected chi connectivity index (χ2v) is 6.54. The van der Waals surface area contributed by atoms with Crippen LogP contribution < -0.4 is 5.32 Å². The maximum absolute atomic E-state index is 12.2. The van der Waals surface area contributed by atoms with Crippen molar-refractivity contribution in [1.82, 2.24) is 20.1 Å². The molecule has 2 heterocycles. The average Bonchev–Trinajstić information content (AvgIpc) is 3.08. The van der Waals surface area contributed by atoms with Gasteiger partial charge in [-0.05, 0) is 49.9 Å². The highest BCUT2D eigenvalue weighted by atomic mass is 16.1. The Labute approximate surface area is 153 Å². The molecule has 26 heavy (non-hydrogen) atoms. The number of nitrogens with zero attached hydrogens (tertiary/aromatic N) is 3. The van der Waals surface area contributed by atoms with Crippen LogP contribution in [0.15, 0.2) is 54.7 Å². The summed E-state index contributed by atoms with van der Waals surface area (Å²) in [7, 11) is 0. The molecule has 0 saturated carbocycles. The fourth-order valence-corrected chi connectivity index (χ4v) is 3.53. The molecule has 1 aromatic carbocycles. The van der Waals surface area contributed by atoms with Gasteiger partial charge in [0.05, 0.1) is 12.2 Å². The van der Waals surface area contributed by atoms with E-state index in [0.717, 1.165) is 24.2 Å². The molecule has 0 radical (unpaired) electrons. The number of carbonyl (C=O) groups is 1. The molecule has 1 aliphatic rings. The van der Waals surface area contributed by atoms with Crippen LogP contribution in [0.5, 0.6) is 0 Å². The summed E-state index contributed by atoms with van der Waals surface area (Å²) in [6.45, 7) is 1.23. The molecule has 5 heteroatoms. The number of pyridine rings is 1. The van der Waals surface area contributed by atoms with Crippen LogP contribution in [-0.4, -0.2) is 27.2 Å². The molecule has 5 nitrogen and oxygen atoms in total. The van der Waals surface area contributed by atoms with Crippen LogP contribution in [0.25, 0.3) is 11.4 Å². The summed E-state index contributed by atoms with van der Waals surface area (Å²) in [4.78, 5) is 16.7. The van der Waals surface area contributed by atoms with Crippen molar-refractivity contribution in [2.24, 2.45) is 0 Å². The monoisotopic (exact) mass is 346 g/mol. The molecule has 0 unspecified atom stereocenters. The van der Waals surface area contributed by atoms with Crippen LogP contribution in [0, 0.1) is 0 Å². The smallest absolute Gasteiger partial charge is 0.251 e. The summed E-state index contributed by atoms with van der Waals surface area (Å²) >= 11 is 0. The molecular formula is C21H22N4O. The predicted octanol–water partition coefficient (Wildman–Crippen LogP) is 3.25. The molecule has 0 spiro atoms. The van der Waals surface area contributed by atoms with E-state index < -0.39 is 0 Å². The quantitative estimate of drug-likeness (QED) is 0.771. The Morgan fingerprint density at radius 3 is 2.65 bits per heavy atom. The summed E-state index contributed by atoms with van der Waals surface area (Å²) in [5, 5.41) is 7.82. The van der Waals surface area contributed by atoms with Gasteiger partial charge in [0.25, 0.3) is 5.91 Å². The minimum atomic E-state index is -0.0448. The van der Waals surface area contributed by atoms with Gasteiger partial charge < -0.3 is 5.32 Å². The highest BCUT2D eigenvalue weighted by Gasteiger charge is 2.22. The number of hydrogen-bond acceptors (Lipinski definition) is 3. The van der Waals surface area contributed by atoms with Crippen LogP contribution >= 0.6 is 0 Å². The number of hydrogen-bond donors (Lipinski definition) is 1. The van der Waals surface area contributed by atoms with Gasteiger partial charge in [0.2, 0.25) is 0 Å². The topological polar surface area (TPSA) is 59.8 Å². The van der Waals surface area contributed by atoms with E-state index in [2.05, 4.69) is 15.0 Å². The van der Waals surface area contributed by atoms with Crippen LogP contribution in [-0.2, 0) is 19.4 Å². The Morgan fingerprint density at radius 1 is 1.04 bits per heavy atom. The zero-order valence-corrected chi connectivity index (χ0v) is 14.7. The van der Waals surface area contributed by atoms with Gasteiger partial charge in [0, 0.05) is 29.6 Å². The Kier molecular flexibility index (Phi) is 4.78.